The molecule has 0 saturated carbocycles. The first kappa shape index (κ1) is 10.7. The molecule has 0 N–H and O–H groups in total. The van der Waals surface area contributed by atoms with Gasteiger partial charge in [0.05, 0.1) is 6.07 Å². The lowest BCUT2D eigenvalue weighted by Gasteiger charge is -2.37. The summed E-state index contributed by atoms with van der Waals surface area (Å²) in [4.78, 5) is 15.6. The Balaban J connectivity index is 1.88. The van der Waals surface area contributed by atoms with Gasteiger partial charge in [0.15, 0.2) is 0 Å². The van der Waals surface area contributed by atoms with Crippen molar-refractivity contribution < 1.29 is 4.79 Å². The topological polar surface area (TPSA) is 47.3 Å². The highest BCUT2D eigenvalue weighted by Crippen LogP contribution is 2.22. The van der Waals surface area contributed by atoms with Crippen LogP contribution in [0.1, 0.15) is 12.8 Å². The second-order valence-electron chi connectivity index (χ2n) is 4.14. The molecule has 5 heteroatoms. The number of hydrogen-bond acceptors (Lipinski definition) is 3. The number of halogens is 1. The van der Waals surface area contributed by atoms with Gasteiger partial charge < -0.3 is 4.90 Å². The summed E-state index contributed by atoms with van der Waals surface area (Å²) in [5.74, 6) is 0.280. The minimum Gasteiger partial charge on any atom is -0.337 e. The summed E-state index contributed by atoms with van der Waals surface area (Å²) in [5, 5.41) is 8.19. The van der Waals surface area contributed by atoms with Crippen LogP contribution in [0.4, 0.5) is 0 Å². The fourth-order valence-corrected chi connectivity index (χ4v) is 2.56. The number of carbonyl (C=O) groups is 1. The van der Waals surface area contributed by atoms with Crippen LogP contribution in [0.25, 0.3) is 0 Å². The highest BCUT2D eigenvalue weighted by Gasteiger charge is 2.35. The molecular weight excluding hydrogens is 214 g/mol. The average molecular weight is 228 g/mol. The fraction of sp³-hybridized carbons (Fsp3) is 0.800. The van der Waals surface area contributed by atoms with Gasteiger partial charge in [-0.3, -0.25) is 9.69 Å². The maximum atomic E-state index is 11.4. The molecule has 2 atom stereocenters. The molecule has 0 aliphatic carbocycles. The Morgan fingerprint density at radius 2 is 2.40 bits per heavy atom. The largest absolute Gasteiger partial charge is 0.337 e. The third-order valence-electron chi connectivity index (χ3n) is 3.14. The number of nitrogens with zero attached hydrogens (tertiary/aromatic N) is 3. The van der Waals surface area contributed by atoms with Crippen LogP contribution in [0.2, 0.25) is 0 Å². The normalized spacial score (nSPS) is 28.7. The molecule has 2 heterocycles. The first-order valence-corrected chi connectivity index (χ1v) is 5.70. The molecule has 2 rings (SSSR count). The van der Waals surface area contributed by atoms with Crippen molar-refractivity contribution in [3.63, 3.8) is 0 Å². The standard InChI is InChI=1S/C10H14ClN3O/c11-8(5-12)6-13-3-4-14-9(7-13)1-2-10(14)15/h8-9H,1-4,6-7H2. The van der Waals surface area contributed by atoms with Crippen LogP contribution in [-0.4, -0.2) is 53.3 Å². The second-order valence-corrected chi connectivity index (χ2v) is 4.66. The van der Waals surface area contributed by atoms with Gasteiger partial charge >= 0.3 is 0 Å². The quantitative estimate of drug-likeness (QED) is 0.643. The maximum Gasteiger partial charge on any atom is 0.222 e. The molecule has 0 aromatic rings. The van der Waals surface area contributed by atoms with Gasteiger partial charge in [-0.05, 0) is 6.42 Å². The molecule has 0 spiro atoms. The molecule has 0 bridgehead atoms. The minimum absolute atomic E-state index is 0.280. The number of fused-ring (bicyclic) bond motifs is 1. The molecule has 2 fully saturated rings. The van der Waals surface area contributed by atoms with E-state index >= 15 is 0 Å². The third-order valence-corrected chi connectivity index (χ3v) is 3.37. The predicted octanol–water partition coefficient (Wildman–Crippen LogP) is 0.424. The summed E-state index contributed by atoms with van der Waals surface area (Å²) >= 11 is 5.79. The van der Waals surface area contributed by atoms with Crippen LogP contribution in [0.15, 0.2) is 0 Å². The Kier molecular flexibility index (Phi) is 3.13. The van der Waals surface area contributed by atoms with Gasteiger partial charge in [-0.1, -0.05) is 0 Å². The molecule has 4 nitrogen and oxygen atoms in total. The van der Waals surface area contributed by atoms with Crippen LogP contribution in [0.3, 0.4) is 0 Å². The van der Waals surface area contributed by atoms with Crippen LogP contribution in [-0.2, 0) is 4.79 Å². The molecule has 2 aliphatic heterocycles. The van der Waals surface area contributed by atoms with Gasteiger partial charge in [0.2, 0.25) is 5.91 Å². The van der Waals surface area contributed by atoms with Crippen molar-refractivity contribution >= 4 is 17.5 Å². The molecular formula is C10H14ClN3O. The first-order chi connectivity index (χ1) is 7.20. The van der Waals surface area contributed by atoms with Gasteiger partial charge in [-0.25, -0.2) is 0 Å². The zero-order valence-electron chi connectivity index (χ0n) is 8.53. The van der Waals surface area contributed by atoms with Crippen LogP contribution in [0, 0.1) is 11.3 Å². The van der Waals surface area contributed by atoms with E-state index in [0.717, 1.165) is 26.1 Å². The zero-order valence-corrected chi connectivity index (χ0v) is 9.28. The Hall–Kier alpha value is -0.790. The van der Waals surface area contributed by atoms with Crippen molar-refractivity contribution in [3.05, 3.63) is 0 Å². The summed E-state index contributed by atoms with van der Waals surface area (Å²) in [5.41, 5.74) is 0. The lowest BCUT2D eigenvalue weighted by Crippen LogP contribution is -2.52. The number of amides is 1. The summed E-state index contributed by atoms with van der Waals surface area (Å²) in [6.45, 7) is 3.11. The number of carbonyl (C=O) groups excluding carboxylic acids is 1. The van der Waals surface area contributed by atoms with E-state index < -0.39 is 5.38 Å². The molecule has 0 radical (unpaired) electrons. The molecule has 15 heavy (non-hydrogen) atoms. The Labute approximate surface area is 94.4 Å². The fourth-order valence-electron chi connectivity index (χ4n) is 2.36. The Bertz CT molecular complexity index is 302. The van der Waals surface area contributed by atoms with Gasteiger partial charge in [-0.2, -0.15) is 5.26 Å². The SMILES string of the molecule is N#CC(Cl)CN1CCN2C(=O)CCC2C1. The van der Waals surface area contributed by atoms with Crippen LogP contribution in [0.5, 0.6) is 0 Å². The molecule has 0 aromatic heterocycles. The predicted molar refractivity (Wildman–Crippen MR) is 56.4 cm³/mol. The van der Waals surface area contributed by atoms with Crippen molar-refractivity contribution in [1.82, 2.24) is 9.80 Å². The van der Waals surface area contributed by atoms with E-state index in [1.165, 1.54) is 0 Å². The summed E-state index contributed by atoms with van der Waals surface area (Å²) < 4.78 is 0. The lowest BCUT2D eigenvalue weighted by atomic mass is 10.1. The Morgan fingerprint density at radius 1 is 1.60 bits per heavy atom. The number of rotatable bonds is 2. The zero-order chi connectivity index (χ0) is 10.8. The maximum absolute atomic E-state index is 11.4. The lowest BCUT2D eigenvalue weighted by molar-refractivity contribution is -0.130. The molecule has 1 amide bonds. The molecule has 82 valence electrons. The van der Waals surface area contributed by atoms with Gasteiger partial charge in [0.25, 0.3) is 0 Å². The molecule has 0 aromatic carbocycles. The van der Waals surface area contributed by atoms with E-state index in [-0.39, 0.29) is 5.91 Å². The third kappa shape index (κ3) is 2.24. The summed E-state index contributed by atoms with van der Waals surface area (Å²) in [7, 11) is 0. The number of nitriles is 1. The van der Waals surface area contributed by atoms with E-state index in [1.807, 2.05) is 11.0 Å². The van der Waals surface area contributed by atoms with Crippen LogP contribution >= 0.6 is 11.6 Å². The van der Waals surface area contributed by atoms with Gasteiger partial charge in [-0.15, -0.1) is 11.6 Å². The van der Waals surface area contributed by atoms with Gasteiger partial charge in [0.1, 0.15) is 5.38 Å². The summed E-state index contributed by atoms with van der Waals surface area (Å²) in [6, 6.07) is 2.38. The highest BCUT2D eigenvalue weighted by molar-refractivity contribution is 6.22. The van der Waals surface area contributed by atoms with E-state index in [9.17, 15) is 4.79 Å². The van der Waals surface area contributed by atoms with E-state index in [0.29, 0.717) is 19.0 Å². The molecule has 2 unspecified atom stereocenters. The number of hydrogen-bond donors (Lipinski definition) is 0. The van der Waals surface area contributed by atoms with Gasteiger partial charge in [0, 0.05) is 38.6 Å². The molecule has 2 aliphatic rings. The number of alkyl halides is 1. The monoisotopic (exact) mass is 227 g/mol. The van der Waals surface area contributed by atoms with E-state index in [2.05, 4.69) is 4.90 Å². The van der Waals surface area contributed by atoms with Crippen LogP contribution < -0.4 is 0 Å². The average Bonchev–Trinajstić information content (AvgIpc) is 2.60. The number of piperazine rings is 1. The van der Waals surface area contributed by atoms with Crippen molar-refractivity contribution in [1.29, 1.82) is 5.26 Å². The van der Waals surface area contributed by atoms with Crippen molar-refractivity contribution in [2.24, 2.45) is 0 Å². The van der Waals surface area contributed by atoms with Crippen molar-refractivity contribution in [3.8, 4) is 6.07 Å². The summed E-state index contributed by atoms with van der Waals surface area (Å²) in [6.07, 6.45) is 1.63. The highest BCUT2D eigenvalue weighted by atomic mass is 35.5. The molecule has 2 saturated heterocycles. The smallest absolute Gasteiger partial charge is 0.222 e. The Morgan fingerprint density at radius 3 is 3.13 bits per heavy atom. The van der Waals surface area contributed by atoms with E-state index in [4.69, 9.17) is 16.9 Å². The first-order valence-electron chi connectivity index (χ1n) is 5.26. The minimum atomic E-state index is -0.436. The van der Waals surface area contributed by atoms with Crippen molar-refractivity contribution in [2.45, 2.75) is 24.3 Å². The second kappa shape index (κ2) is 4.38. The van der Waals surface area contributed by atoms with E-state index in [1.54, 1.807) is 0 Å². The van der Waals surface area contributed by atoms with Crippen molar-refractivity contribution in [2.75, 3.05) is 26.2 Å².